The Morgan fingerprint density at radius 1 is 1.43 bits per heavy atom. The number of hydrogen-bond acceptors (Lipinski definition) is 7. The molecule has 23 heavy (non-hydrogen) atoms. The smallest absolute Gasteiger partial charge is 0.277 e. The van der Waals surface area contributed by atoms with Crippen molar-refractivity contribution in [2.75, 3.05) is 5.75 Å². The Morgan fingerprint density at radius 3 is 2.96 bits per heavy atom. The lowest BCUT2D eigenvalue weighted by molar-refractivity contribution is -0.120. The van der Waals surface area contributed by atoms with E-state index in [9.17, 15) is 10.1 Å². The molecule has 2 heterocycles. The van der Waals surface area contributed by atoms with Gasteiger partial charge in [0.25, 0.3) is 11.1 Å². The first-order chi connectivity index (χ1) is 11.2. The summed E-state index contributed by atoms with van der Waals surface area (Å²) < 4.78 is 5.53. The molecule has 120 valence electrons. The first-order valence-corrected chi connectivity index (χ1v) is 9.30. The third kappa shape index (κ3) is 3.92. The molecule has 1 N–H and O–H groups in total. The van der Waals surface area contributed by atoms with Gasteiger partial charge < -0.3 is 9.73 Å². The molecule has 2 aromatic rings. The van der Waals surface area contributed by atoms with Crippen molar-refractivity contribution in [2.45, 2.75) is 42.9 Å². The van der Waals surface area contributed by atoms with Crippen molar-refractivity contribution in [3.05, 3.63) is 17.5 Å². The molecule has 6 nitrogen and oxygen atoms in total. The van der Waals surface area contributed by atoms with Gasteiger partial charge in [-0.15, -0.1) is 21.5 Å². The molecule has 1 fully saturated rings. The molecule has 0 saturated heterocycles. The summed E-state index contributed by atoms with van der Waals surface area (Å²) in [4.78, 5) is 13.0. The van der Waals surface area contributed by atoms with Gasteiger partial charge in [0, 0.05) is 0 Å². The van der Waals surface area contributed by atoms with E-state index in [4.69, 9.17) is 4.42 Å². The number of aromatic nitrogens is 2. The maximum Gasteiger partial charge on any atom is 0.277 e. The number of nitrogens with one attached hydrogen (secondary N) is 1. The fraction of sp³-hybridized carbons (Fsp3) is 0.467. The van der Waals surface area contributed by atoms with Crippen molar-refractivity contribution in [3.8, 4) is 16.8 Å². The standard InChI is InChI=1S/C15H16N4O2S2/c16-10-15(6-2-1-3-7-15)17-12(20)9-23-14-19-18-13(21-14)11-5-4-8-22-11/h4-5,8H,1-3,6-7,9H2,(H,17,20). The number of carbonyl (C=O) groups is 1. The minimum Gasteiger partial charge on any atom is -0.410 e. The topological polar surface area (TPSA) is 91.8 Å². The zero-order valence-corrected chi connectivity index (χ0v) is 14.1. The first kappa shape index (κ1) is 16.0. The number of nitrogens with zero attached hydrogens (tertiary/aromatic N) is 3. The summed E-state index contributed by atoms with van der Waals surface area (Å²) in [5.74, 6) is 0.452. The van der Waals surface area contributed by atoms with Gasteiger partial charge in [-0.1, -0.05) is 37.1 Å². The lowest BCUT2D eigenvalue weighted by atomic mass is 9.83. The summed E-state index contributed by atoms with van der Waals surface area (Å²) in [5, 5.41) is 22.5. The van der Waals surface area contributed by atoms with Gasteiger partial charge in [0.1, 0.15) is 5.54 Å². The largest absolute Gasteiger partial charge is 0.410 e. The maximum absolute atomic E-state index is 12.1. The third-order valence-corrected chi connectivity index (χ3v) is 5.44. The van der Waals surface area contributed by atoms with E-state index in [1.165, 1.54) is 23.1 Å². The summed E-state index contributed by atoms with van der Waals surface area (Å²) in [7, 11) is 0. The third-order valence-electron chi connectivity index (χ3n) is 3.76. The number of amides is 1. The van der Waals surface area contributed by atoms with Crippen LogP contribution in [-0.4, -0.2) is 27.4 Å². The predicted molar refractivity (Wildman–Crippen MR) is 87.9 cm³/mol. The van der Waals surface area contributed by atoms with Crippen LogP contribution in [0, 0.1) is 11.3 Å². The van der Waals surface area contributed by atoms with Crippen molar-refractivity contribution >= 4 is 29.0 Å². The van der Waals surface area contributed by atoms with E-state index in [1.54, 1.807) is 0 Å². The van der Waals surface area contributed by atoms with E-state index >= 15 is 0 Å². The Bertz CT molecular complexity index is 699. The van der Waals surface area contributed by atoms with Crippen molar-refractivity contribution < 1.29 is 9.21 Å². The molecular weight excluding hydrogens is 332 g/mol. The second-order valence-electron chi connectivity index (χ2n) is 5.44. The van der Waals surface area contributed by atoms with Gasteiger partial charge in [-0.05, 0) is 24.3 Å². The summed E-state index contributed by atoms with van der Waals surface area (Å²) in [5.41, 5.74) is -0.702. The minimum absolute atomic E-state index is 0.162. The second kappa shape index (κ2) is 7.15. The number of carbonyl (C=O) groups excluding carboxylic acids is 1. The average molecular weight is 348 g/mol. The van der Waals surface area contributed by atoms with Crippen molar-refractivity contribution in [3.63, 3.8) is 0 Å². The number of hydrogen-bond donors (Lipinski definition) is 1. The van der Waals surface area contributed by atoms with Gasteiger partial charge in [0.15, 0.2) is 0 Å². The highest BCUT2D eigenvalue weighted by Crippen LogP contribution is 2.29. The van der Waals surface area contributed by atoms with Crippen LogP contribution in [0.4, 0.5) is 0 Å². The Hall–Kier alpha value is -1.85. The number of thioether (sulfide) groups is 1. The Labute approximate surface area is 142 Å². The van der Waals surface area contributed by atoms with Gasteiger partial charge in [-0.2, -0.15) is 5.26 Å². The Kier molecular flexibility index (Phi) is 4.98. The molecular formula is C15H16N4O2S2. The molecule has 0 spiro atoms. The molecule has 1 aliphatic rings. The average Bonchev–Trinajstić information content (AvgIpc) is 3.25. The van der Waals surface area contributed by atoms with Gasteiger partial charge in [0.05, 0.1) is 16.7 Å². The van der Waals surface area contributed by atoms with Crippen molar-refractivity contribution in [1.29, 1.82) is 5.26 Å². The highest BCUT2D eigenvalue weighted by molar-refractivity contribution is 7.99. The number of thiophene rings is 1. The van der Waals surface area contributed by atoms with Gasteiger partial charge in [0.2, 0.25) is 5.91 Å². The van der Waals surface area contributed by atoms with Crippen molar-refractivity contribution in [2.24, 2.45) is 0 Å². The van der Waals surface area contributed by atoms with Gasteiger partial charge >= 0.3 is 0 Å². The number of rotatable bonds is 5. The van der Waals surface area contributed by atoms with Gasteiger partial charge in [-0.3, -0.25) is 4.79 Å². The van der Waals surface area contributed by atoms with E-state index in [-0.39, 0.29) is 11.7 Å². The van der Waals surface area contributed by atoms with E-state index in [1.807, 2.05) is 17.5 Å². The first-order valence-electron chi connectivity index (χ1n) is 7.43. The Morgan fingerprint density at radius 2 is 2.26 bits per heavy atom. The molecule has 1 amide bonds. The molecule has 3 rings (SSSR count). The lowest BCUT2D eigenvalue weighted by Crippen LogP contribution is -2.49. The van der Waals surface area contributed by atoms with Crippen molar-refractivity contribution in [1.82, 2.24) is 15.5 Å². The quantitative estimate of drug-likeness (QED) is 0.834. The molecule has 0 aliphatic heterocycles. The van der Waals surface area contributed by atoms with Crippen LogP contribution in [0.25, 0.3) is 10.8 Å². The molecule has 1 aliphatic carbocycles. The van der Waals surface area contributed by atoms with Crippen LogP contribution in [-0.2, 0) is 4.79 Å². The van der Waals surface area contributed by atoms with Crippen LogP contribution in [0.15, 0.2) is 27.2 Å². The Balaban J connectivity index is 1.54. The van der Waals surface area contributed by atoms with Crippen LogP contribution < -0.4 is 5.32 Å². The maximum atomic E-state index is 12.1. The molecule has 0 aromatic carbocycles. The molecule has 2 aromatic heterocycles. The van der Waals surface area contributed by atoms with E-state index in [0.717, 1.165) is 37.0 Å². The summed E-state index contributed by atoms with van der Waals surface area (Å²) in [6.07, 6.45) is 4.54. The molecule has 0 unspecified atom stereocenters. The monoisotopic (exact) mass is 348 g/mol. The lowest BCUT2D eigenvalue weighted by Gasteiger charge is -2.31. The number of nitriles is 1. The molecule has 0 radical (unpaired) electrons. The van der Waals surface area contributed by atoms with Crippen LogP contribution in [0.2, 0.25) is 0 Å². The summed E-state index contributed by atoms with van der Waals surface area (Å²) >= 11 is 2.71. The minimum atomic E-state index is -0.702. The van der Waals surface area contributed by atoms with Crippen LogP contribution in [0.1, 0.15) is 32.1 Å². The summed E-state index contributed by atoms with van der Waals surface area (Å²) in [6.45, 7) is 0. The van der Waals surface area contributed by atoms with Gasteiger partial charge in [-0.25, -0.2) is 0 Å². The van der Waals surface area contributed by atoms with Crippen LogP contribution >= 0.6 is 23.1 Å². The van der Waals surface area contributed by atoms with E-state index in [2.05, 4.69) is 21.6 Å². The highest BCUT2D eigenvalue weighted by atomic mass is 32.2. The van der Waals surface area contributed by atoms with E-state index < -0.39 is 5.54 Å². The second-order valence-corrected chi connectivity index (χ2v) is 7.32. The zero-order chi connectivity index (χ0) is 16.1. The SMILES string of the molecule is N#CC1(NC(=O)CSc2nnc(-c3cccs3)o2)CCCCC1. The van der Waals surface area contributed by atoms with Crippen LogP contribution in [0.3, 0.4) is 0 Å². The fourth-order valence-corrected chi connectivity index (χ4v) is 3.83. The zero-order valence-electron chi connectivity index (χ0n) is 12.4. The molecule has 0 atom stereocenters. The molecule has 1 saturated carbocycles. The molecule has 8 heteroatoms. The highest BCUT2D eigenvalue weighted by Gasteiger charge is 2.33. The summed E-state index contributed by atoms with van der Waals surface area (Å²) in [6, 6.07) is 6.09. The fourth-order valence-electron chi connectivity index (χ4n) is 2.62. The normalized spacial score (nSPS) is 16.7. The van der Waals surface area contributed by atoms with Crippen LogP contribution in [0.5, 0.6) is 0 Å². The van der Waals surface area contributed by atoms with E-state index in [0.29, 0.717) is 11.1 Å². The molecule has 0 bridgehead atoms. The predicted octanol–water partition coefficient (Wildman–Crippen LogP) is 3.23.